The van der Waals surface area contributed by atoms with E-state index in [1.807, 2.05) is 43.3 Å². The van der Waals surface area contributed by atoms with Crippen LogP contribution in [0.3, 0.4) is 0 Å². The van der Waals surface area contributed by atoms with Crippen LogP contribution < -0.4 is 9.62 Å². The molecular weight excluding hydrogens is 510 g/mol. The molecule has 11 heteroatoms. The summed E-state index contributed by atoms with van der Waals surface area (Å²) in [4.78, 5) is 13.1. The van der Waals surface area contributed by atoms with Gasteiger partial charge in [0, 0.05) is 24.7 Å². The van der Waals surface area contributed by atoms with E-state index in [4.69, 9.17) is 23.2 Å². The number of halogens is 5. The number of nitrogens with one attached hydrogen (secondary N) is 1. The molecule has 182 valence electrons. The Hall–Kier alpha value is -2.62. The number of benzene rings is 2. The molecule has 1 atom stereocenters. The van der Waals surface area contributed by atoms with Crippen LogP contribution in [0.2, 0.25) is 10.0 Å². The number of aromatic nitrogens is 1. The van der Waals surface area contributed by atoms with Crippen molar-refractivity contribution in [1.29, 1.82) is 0 Å². The Labute approximate surface area is 208 Å². The third-order valence-corrected chi connectivity index (χ3v) is 6.30. The Bertz CT molecular complexity index is 1110. The van der Waals surface area contributed by atoms with Gasteiger partial charge >= 0.3 is 6.18 Å². The van der Waals surface area contributed by atoms with Gasteiger partial charge in [-0.05, 0) is 42.3 Å². The first-order valence-electron chi connectivity index (χ1n) is 9.82. The lowest BCUT2D eigenvalue weighted by molar-refractivity contribution is -0.141. The molecule has 34 heavy (non-hydrogen) atoms. The summed E-state index contributed by atoms with van der Waals surface area (Å²) >= 11 is 12.2. The van der Waals surface area contributed by atoms with Crippen LogP contribution in [0.5, 0.6) is 0 Å². The van der Waals surface area contributed by atoms with Crippen molar-refractivity contribution < 1.29 is 22.2 Å². The highest BCUT2D eigenvalue weighted by molar-refractivity contribution is 7.85. The Kier molecular flexibility index (Phi) is 10.3. The number of aryl methyl sites for hydroxylation is 1. The molecule has 3 rings (SSSR count). The van der Waals surface area contributed by atoms with Gasteiger partial charge < -0.3 is 5.32 Å². The van der Waals surface area contributed by atoms with Crippen LogP contribution in [0.15, 0.2) is 60.8 Å². The standard InChI is InChI=1S/C15H15Cl2NOS.C8H7F3N2O/c1-11-6-8-13(9-7-11)18(20(2)19)10-12-4-3-5-14(16)15(12)17;9-8(10,11)7-2-1-6(4-13-7)3-12-5-14/h3-9H,10H2,1-2H3;1-2,4-5H,3H2,(H,12,14). The van der Waals surface area contributed by atoms with Crippen molar-refractivity contribution in [2.45, 2.75) is 26.2 Å². The average Bonchev–Trinajstić information content (AvgIpc) is 2.79. The number of hydrogen-bond donors (Lipinski definition) is 1. The van der Waals surface area contributed by atoms with E-state index in [2.05, 4.69) is 10.3 Å². The van der Waals surface area contributed by atoms with Gasteiger partial charge in [-0.25, -0.2) is 4.21 Å². The van der Waals surface area contributed by atoms with Crippen molar-refractivity contribution in [2.75, 3.05) is 10.6 Å². The fourth-order valence-electron chi connectivity index (χ4n) is 2.72. The van der Waals surface area contributed by atoms with Gasteiger partial charge in [-0.15, -0.1) is 0 Å². The first-order valence-corrected chi connectivity index (χ1v) is 12.1. The lowest BCUT2D eigenvalue weighted by Gasteiger charge is -2.22. The van der Waals surface area contributed by atoms with Gasteiger partial charge in [0.2, 0.25) is 6.41 Å². The molecule has 3 aromatic rings. The maximum atomic E-state index is 12.0. The van der Waals surface area contributed by atoms with E-state index in [0.29, 0.717) is 28.6 Å². The van der Waals surface area contributed by atoms with E-state index in [9.17, 15) is 22.2 Å². The molecule has 0 spiro atoms. The molecule has 0 aliphatic rings. The number of pyridine rings is 1. The first kappa shape index (κ1) is 27.6. The second-order valence-electron chi connectivity index (χ2n) is 7.06. The molecule has 0 aliphatic carbocycles. The molecule has 0 aliphatic heterocycles. The first-order chi connectivity index (χ1) is 16.0. The van der Waals surface area contributed by atoms with Crippen molar-refractivity contribution >= 4 is 46.3 Å². The lowest BCUT2D eigenvalue weighted by atomic mass is 10.2. The van der Waals surface area contributed by atoms with Crippen molar-refractivity contribution in [3.63, 3.8) is 0 Å². The fourth-order valence-corrected chi connectivity index (χ4v) is 3.84. The summed E-state index contributed by atoms with van der Waals surface area (Å²) in [5, 5.41) is 3.34. The summed E-state index contributed by atoms with van der Waals surface area (Å²) in [6, 6.07) is 15.5. The zero-order chi connectivity index (χ0) is 25.3. The Morgan fingerprint density at radius 2 is 1.76 bits per heavy atom. The predicted octanol–water partition coefficient (Wildman–Crippen LogP) is 5.95. The summed E-state index contributed by atoms with van der Waals surface area (Å²) in [6.45, 7) is 2.64. The van der Waals surface area contributed by atoms with Gasteiger partial charge in [0.25, 0.3) is 0 Å². The number of anilines is 1. The van der Waals surface area contributed by atoms with Gasteiger partial charge in [0.1, 0.15) is 16.7 Å². The van der Waals surface area contributed by atoms with E-state index < -0.39 is 22.9 Å². The molecule has 0 bridgehead atoms. The zero-order valence-electron chi connectivity index (χ0n) is 18.3. The van der Waals surface area contributed by atoms with Crippen LogP contribution in [-0.2, 0) is 35.0 Å². The minimum atomic E-state index is -4.42. The molecular formula is C23H22Cl2F3N3O2S. The van der Waals surface area contributed by atoms with Gasteiger partial charge in [-0.3, -0.25) is 14.1 Å². The lowest BCUT2D eigenvalue weighted by Crippen LogP contribution is -2.24. The maximum absolute atomic E-state index is 12.0. The number of carbonyl (C=O) groups excluding carboxylic acids is 1. The number of carbonyl (C=O) groups is 1. The molecule has 0 saturated carbocycles. The predicted molar refractivity (Wildman–Crippen MR) is 130 cm³/mol. The van der Waals surface area contributed by atoms with E-state index in [1.54, 1.807) is 16.6 Å². The number of alkyl halides is 3. The number of hydrogen-bond acceptors (Lipinski definition) is 3. The van der Waals surface area contributed by atoms with Crippen LogP contribution in [0.1, 0.15) is 22.4 Å². The van der Waals surface area contributed by atoms with Crippen LogP contribution in [0.4, 0.5) is 18.9 Å². The van der Waals surface area contributed by atoms with Gasteiger partial charge in [-0.1, -0.05) is 59.1 Å². The van der Waals surface area contributed by atoms with Crippen molar-refractivity contribution in [3.8, 4) is 0 Å². The van der Waals surface area contributed by atoms with E-state index in [-0.39, 0.29) is 6.54 Å². The summed E-state index contributed by atoms with van der Waals surface area (Å²) in [5.41, 5.74) is 2.50. The number of rotatable bonds is 7. The Balaban J connectivity index is 0.000000257. The molecule has 1 unspecified atom stereocenters. The summed E-state index contributed by atoms with van der Waals surface area (Å²) in [6.07, 6.45) is -1.22. The fraction of sp³-hybridized carbons (Fsp3) is 0.217. The summed E-state index contributed by atoms with van der Waals surface area (Å²) in [7, 11) is -1.14. The van der Waals surface area contributed by atoms with Crippen molar-refractivity contribution in [3.05, 3.63) is 93.2 Å². The quantitative estimate of drug-likeness (QED) is 0.383. The topological polar surface area (TPSA) is 62.3 Å². The van der Waals surface area contributed by atoms with Gasteiger partial charge in [-0.2, -0.15) is 13.2 Å². The molecule has 2 aromatic carbocycles. The number of amides is 1. The highest BCUT2D eigenvalue weighted by Gasteiger charge is 2.31. The van der Waals surface area contributed by atoms with Gasteiger partial charge in [0.15, 0.2) is 0 Å². The highest BCUT2D eigenvalue weighted by atomic mass is 35.5. The minimum absolute atomic E-state index is 0.175. The Morgan fingerprint density at radius 3 is 2.29 bits per heavy atom. The van der Waals surface area contributed by atoms with Gasteiger partial charge in [0.05, 0.1) is 16.6 Å². The van der Waals surface area contributed by atoms with Crippen LogP contribution in [-0.4, -0.2) is 21.9 Å². The van der Waals surface area contributed by atoms with Crippen LogP contribution >= 0.6 is 23.2 Å². The number of nitrogens with zero attached hydrogens (tertiary/aromatic N) is 2. The Morgan fingerprint density at radius 1 is 1.09 bits per heavy atom. The summed E-state index contributed by atoms with van der Waals surface area (Å²) < 4.78 is 49.9. The molecule has 1 N–H and O–H groups in total. The largest absolute Gasteiger partial charge is 0.433 e. The normalized spacial score (nSPS) is 11.7. The van der Waals surface area contributed by atoms with Crippen molar-refractivity contribution in [1.82, 2.24) is 10.3 Å². The smallest absolute Gasteiger partial charge is 0.355 e. The molecule has 0 saturated heterocycles. The maximum Gasteiger partial charge on any atom is 0.433 e. The molecule has 0 radical (unpaired) electrons. The minimum Gasteiger partial charge on any atom is -0.355 e. The summed E-state index contributed by atoms with van der Waals surface area (Å²) in [5.74, 6) is 0. The average molecular weight is 532 g/mol. The molecule has 1 aromatic heterocycles. The van der Waals surface area contributed by atoms with E-state index in [0.717, 1.165) is 29.1 Å². The zero-order valence-corrected chi connectivity index (χ0v) is 20.6. The molecule has 1 amide bonds. The molecule has 5 nitrogen and oxygen atoms in total. The second-order valence-corrected chi connectivity index (χ2v) is 9.13. The highest BCUT2D eigenvalue weighted by Crippen LogP contribution is 2.29. The van der Waals surface area contributed by atoms with Crippen LogP contribution in [0.25, 0.3) is 0 Å². The molecule has 0 fully saturated rings. The monoisotopic (exact) mass is 531 g/mol. The van der Waals surface area contributed by atoms with Crippen molar-refractivity contribution in [2.24, 2.45) is 0 Å². The molecule has 1 heterocycles. The third kappa shape index (κ3) is 8.30. The van der Waals surface area contributed by atoms with E-state index >= 15 is 0 Å². The second kappa shape index (κ2) is 12.7. The van der Waals surface area contributed by atoms with E-state index in [1.165, 1.54) is 6.07 Å². The third-order valence-electron chi connectivity index (χ3n) is 4.48. The van der Waals surface area contributed by atoms with Crippen LogP contribution in [0, 0.1) is 6.92 Å². The SMILES string of the molecule is Cc1ccc(N(Cc2cccc(Cl)c2Cl)S(C)=O)cc1.O=CNCc1ccc(C(F)(F)F)nc1.